The summed E-state index contributed by atoms with van der Waals surface area (Å²) in [6.45, 7) is 2.60. The molecule has 1 heterocycles. The quantitative estimate of drug-likeness (QED) is 0.918. The fourth-order valence-corrected chi connectivity index (χ4v) is 3.32. The molecule has 3 nitrogen and oxygen atoms in total. The average molecular weight is 327 g/mol. The van der Waals surface area contributed by atoms with Crippen molar-refractivity contribution in [2.24, 2.45) is 5.92 Å². The zero-order valence-corrected chi connectivity index (χ0v) is 13.5. The summed E-state index contributed by atoms with van der Waals surface area (Å²) in [6, 6.07) is 6.07. The largest absolute Gasteiger partial charge is 0.353 e. The van der Waals surface area contributed by atoms with E-state index in [1.165, 1.54) is 0 Å². The third-order valence-corrected chi connectivity index (χ3v) is 5.03. The van der Waals surface area contributed by atoms with Gasteiger partial charge in [0, 0.05) is 34.1 Å². The summed E-state index contributed by atoms with van der Waals surface area (Å²) in [7, 11) is 0. The first-order chi connectivity index (χ1) is 10.1. The van der Waals surface area contributed by atoms with Crippen LogP contribution in [0.2, 0.25) is 10.0 Å². The van der Waals surface area contributed by atoms with Crippen molar-refractivity contribution in [3.8, 4) is 0 Å². The molecule has 0 bridgehead atoms. The molecule has 1 aromatic carbocycles. The van der Waals surface area contributed by atoms with Gasteiger partial charge in [-0.25, -0.2) is 0 Å². The Morgan fingerprint density at radius 1 is 1.14 bits per heavy atom. The molecule has 1 aliphatic heterocycles. The van der Waals surface area contributed by atoms with Crippen LogP contribution < -0.4 is 5.32 Å². The molecule has 1 amide bonds. The van der Waals surface area contributed by atoms with Gasteiger partial charge in [-0.15, -0.1) is 0 Å². The van der Waals surface area contributed by atoms with E-state index in [0.717, 1.165) is 60.9 Å². The van der Waals surface area contributed by atoms with Gasteiger partial charge >= 0.3 is 0 Å². The predicted molar refractivity (Wildman–Crippen MR) is 85.6 cm³/mol. The molecule has 1 saturated carbocycles. The first kappa shape index (κ1) is 15.1. The van der Waals surface area contributed by atoms with E-state index in [1.807, 2.05) is 18.2 Å². The molecule has 1 saturated heterocycles. The molecule has 1 aromatic rings. The average Bonchev–Trinajstić information content (AvgIpc) is 3.28. The molecular weight excluding hydrogens is 307 g/mol. The second kappa shape index (κ2) is 6.55. The lowest BCUT2D eigenvalue weighted by atomic mass is 9.95. The van der Waals surface area contributed by atoms with E-state index >= 15 is 0 Å². The molecule has 3 rings (SSSR count). The van der Waals surface area contributed by atoms with Crippen LogP contribution in [0, 0.1) is 5.92 Å². The van der Waals surface area contributed by atoms with Gasteiger partial charge in [0.2, 0.25) is 5.91 Å². The minimum atomic E-state index is 0.170. The normalized spacial score (nSPS) is 20.5. The minimum absolute atomic E-state index is 0.170. The van der Waals surface area contributed by atoms with Crippen molar-refractivity contribution in [1.82, 2.24) is 10.2 Å². The SMILES string of the molecule is O=C(NC1CC1)C1CCN(Cc2c(Cl)cccc2Cl)CC1. The van der Waals surface area contributed by atoms with Crippen LogP contribution in [-0.2, 0) is 11.3 Å². The maximum absolute atomic E-state index is 12.0. The predicted octanol–water partition coefficient (Wildman–Crippen LogP) is 3.48. The number of halogens is 2. The van der Waals surface area contributed by atoms with Gasteiger partial charge < -0.3 is 5.32 Å². The Morgan fingerprint density at radius 3 is 2.33 bits per heavy atom. The van der Waals surface area contributed by atoms with E-state index < -0.39 is 0 Å². The highest BCUT2D eigenvalue weighted by molar-refractivity contribution is 6.35. The van der Waals surface area contributed by atoms with Crippen molar-refractivity contribution < 1.29 is 4.79 Å². The molecule has 0 spiro atoms. The summed E-state index contributed by atoms with van der Waals surface area (Å²) in [5.41, 5.74) is 0.988. The highest BCUT2D eigenvalue weighted by atomic mass is 35.5. The van der Waals surface area contributed by atoms with E-state index in [9.17, 15) is 4.79 Å². The smallest absolute Gasteiger partial charge is 0.223 e. The highest BCUT2D eigenvalue weighted by Crippen LogP contribution is 2.28. The van der Waals surface area contributed by atoms with Crippen LogP contribution in [0.4, 0.5) is 0 Å². The van der Waals surface area contributed by atoms with E-state index in [-0.39, 0.29) is 11.8 Å². The molecule has 21 heavy (non-hydrogen) atoms. The van der Waals surface area contributed by atoms with Crippen LogP contribution >= 0.6 is 23.2 Å². The molecule has 0 aromatic heterocycles. The van der Waals surface area contributed by atoms with Gasteiger partial charge in [0.05, 0.1) is 0 Å². The monoisotopic (exact) mass is 326 g/mol. The molecule has 1 N–H and O–H groups in total. The summed E-state index contributed by atoms with van der Waals surface area (Å²) >= 11 is 12.4. The first-order valence-electron chi connectivity index (χ1n) is 7.59. The Labute approximate surface area is 135 Å². The number of carbonyl (C=O) groups excluding carboxylic acids is 1. The summed E-state index contributed by atoms with van der Waals surface area (Å²) < 4.78 is 0. The van der Waals surface area contributed by atoms with Gasteiger partial charge in [-0.2, -0.15) is 0 Å². The maximum Gasteiger partial charge on any atom is 0.223 e. The maximum atomic E-state index is 12.0. The molecule has 0 atom stereocenters. The fraction of sp³-hybridized carbons (Fsp3) is 0.562. The van der Waals surface area contributed by atoms with Crippen LogP contribution in [0.15, 0.2) is 18.2 Å². The Hall–Kier alpha value is -0.770. The van der Waals surface area contributed by atoms with Gasteiger partial charge in [-0.05, 0) is 50.9 Å². The number of carbonyl (C=O) groups is 1. The Balaban J connectivity index is 1.52. The lowest BCUT2D eigenvalue weighted by molar-refractivity contribution is -0.126. The van der Waals surface area contributed by atoms with Crippen LogP contribution in [0.25, 0.3) is 0 Å². The molecule has 2 fully saturated rings. The van der Waals surface area contributed by atoms with Crippen LogP contribution in [-0.4, -0.2) is 29.9 Å². The third kappa shape index (κ3) is 3.91. The number of nitrogens with one attached hydrogen (secondary N) is 1. The van der Waals surface area contributed by atoms with E-state index in [4.69, 9.17) is 23.2 Å². The van der Waals surface area contributed by atoms with Crippen molar-refractivity contribution in [2.45, 2.75) is 38.3 Å². The zero-order valence-electron chi connectivity index (χ0n) is 11.9. The van der Waals surface area contributed by atoms with Crippen LogP contribution in [0.1, 0.15) is 31.2 Å². The highest BCUT2D eigenvalue weighted by Gasteiger charge is 2.30. The van der Waals surface area contributed by atoms with E-state index in [1.54, 1.807) is 0 Å². The zero-order chi connectivity index (χ0) is 14.8. The van der Waals surface area contributed by atoms with Crippen molar-refractivity contribution in [2.75, 3.05) is 13.1 Å². The number of rotatable bonds is 4. The summed E-state index contributed by atoms with van der Waals surface area (Å²) in [5, 5.41) is 4.54. The van der Waals surface area contributed by atoms with Gasteiger partial charge in [0.1, 0.15) is 0 Å². The van der Waals surface area contributed by atoms with Gasteiger partial charge in [-0.3, -0.25) is 9.69 Å². The number of nitrogens with zero attached hydrogens (tertiary/aromatic N) is 1. The molecule has 0 unspecified atom stereocenters. The Bertz CT molecular complexity index is 503. The summed E-state index contributed by atoms with van der Waals surface area (Å²) in [4.78, 5) is 14.4. The number of amides is 1. The topological polar surface area (TPSA) is 32.3 Å². The molecule has 0 radical (unpaired) electrons. The lowest BCUT2D eigenvalue weighted by Gasteiger charge is -2.31. The molecular formula is C16H20Cl2N2O. The van der Waals surface area contributed by atoms with Crippen molar-refractivity contribution in [3.05, 3.63) is 33.8 Å². The summed E-state index contributed by atoms with van der Waals surface area (Å²) in [5.74, 6) is 0.413. The van der Waals surface area contributed by atoms with E-state index in [0.29, 0.717) is 6.04 Å². The molecule has 2 aliphatic rings. The third-order valence-electron chi connectivity index (χ3n) is 4.33. The second-order valence-corrected chi connectivity index (χ2v) is 6.85. The fourth-order valence-electron chi connectivity index (χ4n) is 2.81. The summed E-state index contributed by atoms with van der Waals surface area (Å²) in [6.07, 6.45) is 4.13. The van der Waals surface area contributed by atoms with E-state index in [2.05, 4.69) is 10.2 Å². The Morgan fingerprint density at radius 2 is 1.76 bits per heavy atom. The number of likely N-dealkylation sites (tertiary alicyclic amines) is 1. The molecule has 1 aliphatic carbocycles. The van der Waals surface area contributed by atoms with Gasteiger partial charge in [-0.1, -0.05) is 29.3 Å². The number of hydrogen-bond acceptors (Lipinski definition) is 2. The number of piperidine rings is 1. The number of hydrogen-bond donors (Lipinski definition) is 1. The van der Waals surface area contributed by atoms with Crippen LogP contribution in [0.3, 0.4) is 0 Å². The van der Waals surface area contributed by atoms with Crippen molar-refractivity contribution in [3.63, 3.8) is 0 Å². The second-order valence-electron chi connectivity index (χ2n) is 6.03. The van der Waals surface area contributed by atoms with Crippen molar-refractivity contribution in [1.29, 1.82) is 0 Å². The molecule has 114 valence electrons. The first-order valence-corrected chi connectivity index (χ1v) is 8.34. The van der Waals surface area contributed by atoms with Crippen LogP contribution in [0.5, 0.6) is 0 Å². The minimum Gasteiger partial charge on any atom is -0.353 e. The van der Waals surface area contributed by atoms with Crippen molar-refractivity contribution >= 4 is 29.1 Å². The van der Waals surface area contributed by atoms with Gasteiger partial charge in [0.25, 0.3) is 0 Å². The standard InChI is InChI=1S/C16H20Cl2N2O/c17-14-2-1-3-15(18)13(14)10-20-8-6-11(7-9-20)16(21)19-12-4-5-12/h1-3,11-12H,4-10H2,(H,19,21). The Kier molecular flexibility index (Phi) is 4.72. The number of benzene rings is 1. The van der Waals surface area contributed by atoms with Gasteiger partial charge in [0.15, 0.2) is 0 Å². The molecule has 5 heteroatoms. The lowest BCUT2D eigenvalue weighted by Crippen LogP contribution is -2.40.